The number of hydrogen-bond acceptors (Lipinski definition) is 5. The molecule has 2 aliphatic rings. The van der Waals surface area contributed by atoms with Gasteiger partial charge < -0.3 is 15.1 Å². The summed E-state index contributed by atoms with van der Waals surface area (Å²) in [5.41, 5.74) is 2.03. The standard InChI is InChI=1S/C21H25Cl2N3O2/c22-17-7-5-6-16-14(17)8-9-21(16,28)12-18-15(13-27)19(25-20(23)24-18)26-10-3-1-2-4-11-26/h5-7,27-28H,1-4,8-13H2. The molecule has 2 N–H and O–H groups in total. The molecule has 150 valence electrons. The van der Waals surface area contributed by atoms with E-state index >= 15 is 0 Å². The number of aliphatic hydroxyl groups excluding tert-OH is 1. The van der Waals surface area contributed by atoms with Crippen LogP contribution in [0.3, 0.4) is 0 Å². The second kappa shape index (κ2) is 8.15. The van der Waals surface area contributed by atoms with E-state index in [1.165, 1.54) is 12.8 Å². The number of hydrogen-bond donors (Lipinski definition) is 2. The lowest BCUT2D eigenvalue weighted by Crippen LogP contribution is -2.30. The Balaban J connectivity index is 1.72. The van der Waals surface area contributed by atoms with Gasteiger partial charge in [0.1, 0.15) is 5.82 Å². The molecular weight excluding hydrogens is 397 g/mol. The minimum Gasteiger partial charge on any atom is -0.391 e. The molecule has 1 aromatic heterocycles. The third kappa shape index (κ3) is 3.73. The molecule has 0 saturated carbocycles. The van der Waals surface area contributed by atoms with Crippen molar-refractivity contribution < 1.29 is 10.2 Å². The molecule has 1 saturated heterocycles. The number of halogens is 2. The van der Waals surface area contributed by atoms with Gasteiger partial charge in [-0.25, -0.2) is 9.97 Å². The lowest BCUT2D eigenvalue weighted by molar-refractivity contribution is 0.0375. The maximum Gasteiger partial charge on any atom is 0.224 e. The fourth-order valence-corrected chi connectivity index (χ4v) is 4.97. The van der Waals surface area contributed by atoms with Crippen molar-refractivity contribution in [3.63, 3.8) is 0 Å². The largest absolute Gasteiger partial charge is 0.391 e. The SMILES string of the molecule is OCc1c(CC2(O)CCc3c(Cl)cccc32)nc(Cl)nc1N1CCCCCC1. The van der Waals surface area contributed by atoms with Crippen LogP contribution in [-0.4, -0.2) is 33.3 Å². The highest BCUT2D eigenvalue weighted by Gasteiger charge is 2.39. The molecule has 0 amide bonds. The molecule has 1 aliphatic carbocycles. The maximum absolute atomic E-state index is 11.4. The quantitative estimate of drug-likeness (QED) is 0.729. The summed E-state index contributed by atoms with van der Waals surface area (Å²) in [5, 5.41) is 22.4. The third-order valence-electron chi connectivity index (χ3n) is 5.98. The van der Waals surface area contributed by atoms with E-state index in [4.69, 9.17) is 23.2 Å². The van der Waals surface area contributed by atoms with Crippen LogP contribution in [0.1, 0.15) is 54.5 Å². The molecule has 7 heteroatoms. The van der Waals surface area contributed by atoms with E-state index in [9.17, 15) is 10.2 Å². The van der Waals surface area contributed by atoms with Crippen molar-refractivity contribution in [2.24, 2.45) is 0 Å². The van der Waals surface area contributed by atoms with Gasteiger partial charge in [-0.1, -0.05) is 36.6 Å². The van der Waals surface area contributed by atoms with Crippen LogP contribution in [0.25, 0.3) is 0 Å². The molecule has 2 aromatic rings. The number of fused-ring (bicyclic) bond motifs is 1. The van der Waals surface area contributed by atoms with E-state index in [-0.39, 0.29) is 18.3 Å². The van der Waals surface area contributed by atoms with E-state index in [0.29, 0.717) is 28.5 Å². The first-order valence-corrected chi connectivity index (χ1v) is 10.7. The van der Waals surface area contributed by atoms with E-state index in [2.05, 4.69) is 14.9 Å². The first kappa shape index (κ1) is 19.9. The van der Waals surface area contributed by atoms with Crippen molar-refractivity contribution in [2.45, 2.75) is 57.2 Å². The van der Waals surface area contributed by atoms with Crippen molar-refractivity contribution in [1.82, 2.24) is 9.97 Å². The second-order valence-electron chi connectivity index (χ2n) is 7.78. The van der Waals surface area contributed by atoms with E-state index in [1.54, 1.807) is 0 Å². The minimum atomic E-state index is -1.07. The molecule has 1 aromatic carbocycles. The topological polar surface area (TPSA) is 69.5 Å². The highest BCUT2D eigenvalue weighted by atomic mass is 35.5. The van der Waals surface area contributed by atoms with Crippen LogP contribution < -0.4 is 4.90 Å². The molecule has 0 bridgehead atoms. The highest BCUT2D eigenvalue weighted by Crippen LogP contribution is 2.43. The summed E-state index contributed by atoms with van der Waals surface area (Å²) >= 11 is 12.6. The molecular formula is C21H25Cl2N3O2. The number of benzene rings is 1. The van der Waals surface area contributed by atoms with E-state index in [0.717, 1.165) is 43.5 Å². The van der Waals surface area contributed by atoms with Crippen molar-refractivity contribution >= 4 is 29.0 Å². The maximum atomic E-state index is 11.4. The molecule has 4 rings (SSSR count). The second-order valence-corrected chi connectivity index (χ2v) is 8.52. The average molecular weight is 422 g/mol. The minimum absolute atomic E-state index is 0.152. The van der Waals surface area contributed by atoms with Crippen molar-refractivity contribution in [3.05, 3.63) is 50.9 Å². The molecule has 1 unspecified atom stereocenters. The van der Waals surface area contributed by atoms with Crippen LogP contribution in [0, 0.1) is 0 Å². The van der Waals surface area contributed by atoms with Crippen molar-refractivity contribution in [1.29, 1.82) is 0 Å². The molecule has 0 spiro atoms. The Morgan fingerprint density at radius 1 is 1.07 bits per heavy atom. The van der Waals surface area contributed by atoms with Crippen LogP contribution in [0.15, 0.2) is 18.2 Å². The molecule has 28 heavy (non-hydrogen) atoms. The zero-order chi connectivity index (χ0) is 19.7. The van der Waals surface area contributed by atoms with Crippen LogP contribution in [0.2, 0.25) is 10.3 Å². The average Bonchev–Trinajstić information content (AvgIpc) is 2.85. The molecule has 1 aliphatic heterocycles. The Morgan fingerprint density at radius 2 is 1.82 bits per heavy atom. The van der Waals surface area contributed by atoms with Crippen LogP contribution in [0.4, 0.5) is 5.82 Å². The predicted octanol–water partition coefficient (Wildman–Crippen LogP) is 4.03. The van der Waals surface area contributed by atoms with Gasteiger partial charge in [0.2, 0.25) is 5.28 Å². The van der Waals surface area contributed by atoms with Gasteiger partial charge in [0.15, 0.2) is 0 Å². The zero-order valence-electron chi connectivity index (χ0n) is 15.8. The van der Waals surface area contributed by atoms with Gasteiger partial charge in [0.25, 0.3) is 0 Å². The molecule has 1 fully saturated rings. The summed E-state index contributed by atoms with van der Waals surface area (Å²) in [6, 6.07) is 5.63. The smallest absolute Gasteiger partial charge is 0.224 e. The lowest BCUT2D eigenvalue weighted by atomic mass is 9.89. The number of aliphatic hydroxyl groups is 2. The van der Waals surface area contributed by atoms with Crippen molar-refractivity contribution in [2.75, 3.05) is 18.0 Å². The highest BCUT2D eigenvalue weighted by molar-refractivity contribution is 6.31. The molecule has 1 atom stereocenters. The van der Waals surface area contributed by atoms with Gasteiger partial charge in [-0.15, -0.1) is 0 Å². The van der Waals surface area contributed by atoms with Crippen molar-refractivity contribution in [3.8, 4) is 0 Å². The van der Waals surface area contributed by atoms with Gasteiger partial charge in [-0.2, -0.15) is 0 Å². The summed E-state index contributed by atoms with van der Waals surface area (Å²) < 4.78 is 0. The Morgan fingerprint density at radius 3 is 2.54 bits per heavy atom. The van der Waals surface area contributed by atoms with Gasteiger partial charge in [-0.3, -0.25) is 0 Å². The Bertz CT molecular complexity index is 869. The summed E-state index contributed by atoms with van der Waals surface area (Å²) in [5.74, 6) is 0.701. The van der Waals surface area contributed by atoms with Gasteiger partial charge in [0.05, 0.1) is 17.9 Å². The summed E-state index contributed by atoms with van der Waals surface area (Å²) in [6.45, 7) is 1.60. The molecule has 0 radical (unpaired) electrons. The summed E-state index contributed by atoms with van der Waals surface area (Å²) in [7, 11) is 0. The number of rotatable bonds is 4. The molecule has 5 nitrogen and oxygen atoms in total. The summed E-state index contributed by atoms with van der Waals surface area (Å²) in [6.07, 6.45) is 6.16. The number of aromatic nitrogens is 2. The first-order valence-electron chi connectivity index (χ1n) is 9.93. The number of anilines is 1. The van der Waals surface area contributed by atoms with E-state index < -0.39 is 5.60 Å². The fraction of sp³-hybridized carbons (Fsp3) is 0.524. The monoisotopic (exact) mass is 421 g/mol. The Hall–Kier alpha value is -1.40. The lowest BCUT2D eigenvalue weighted by Gasteiger charge is -2.28. The normalized spacial score (nSPS) is 22.2. The van der Waals surface area contributed by atoms with Crippen LogP contribution in [0.5, 0.6) is 0 Å². The Kier molecular flexibility index (Phi) is 5.79. The van der Waals surface area contributed by atoms with Crippen LogP contribution in [-0.2, 0) is 25.0 Å². The van der Waals surface area contributed by atoms with Gasteiger partial charge in [0, 0.05) is 30.1 Å². The van der Waals surface area contributed by atoms with E-state index in [1.807, 2.05) is 18.2 Å². The van der Waals surface area contributed by atoms with Crippen LogP contribution >= 0.6 is 23.2 Å². The third-order valence-corrected chi connectivity index (χ3v) is 6.50. The van der Waals surface area contributed by atoms with Gasteiger partial charge >= 0.3 is 0 Å². The predicted molar refractivity (Wildman–Crippen MR) is 111 cm³/mol. The zero-order valence-corrected chi connectivity index (χ0v) is 17.3. The number of nitrogens with zero attached hydrogens (tertiary/aromatic N) is 3. The Labute approximate surface area is 175 Å². The summed E-state index contributed by atoms with van der Waals surface area (Å²) in [4.78, 5) is 11.0. The molecule has 2 heterocycles. The van der Waals surface area contributed by atoms with Gasteiger partial charge in [-0.05, 0) is 54.5 Å². The first-order chi connectivity index (χ1) is 13.5. The fourth-order valence-electron chi connectivity index (χ4n) is 4.52.